The highest BCUT2D eigenvalue weighted by Crippen LogP contribution is 2.55. The normalized spacial score (nSPS) is 30.9. The maximum Gasteiger partial charge on any atom is 0.319 e. The molecular weight excluding hydrogens is 611 g/mol. The summed E-state index contributed by atoms with van der Waals surface area (Å²) in [5.41, 5.74) is 4.15. The molecule has 1 heterocycles. The van der Waals surface area contributed by atoms with E-state index >= 15 is 0 Å². The van der Waals surface area contributed by atoms with E-state index in [1.807, 2.05) is 72.8 Å². The number of nitrogens with one attached hydrogen (secondary N) is 3. The highest BCUT2D eigenvalue weighted by atomic mass is 32.2. The number of thioether (sulfide) groups is 1. The van der Waals surface area contributed by atoms with Gasteiger partial charge in [-0.2, -0.15) is 0 Å². The summed E-state index contributed by atoms with van der Waals surface area (Å²) in [6, 6.07) is 23.4. The number of benzene rings is 3. The lowest BCUT2D eigenvalue weighted by molar-refractivity contribution is -0.268. The highest BCUT2D eigenvalue weighted by molar-refractivity contribution is 7.99. The quantitative estimate of drug-likeness (QED) is 0.175. The molecule has 8 nitrogen and oxygen atoms in total. The van der Waals surface area contributed by atoms with Crippen LogP contribution in [-0.2, 0) is 20.9 Å². The Morgan fingerprint density at radius 1 is 0.851 bits per heavy atom. The number of ether oxygens (including phenoxy) is 2. The summed E-state index contributed by atoms with van der Waals surface area (Å²) < 4.78 is 13.3. The molecule has 3 aromatic carbocycles. The Kier molecular flexibility index (Phi) is 9.33. The minimum atomic E-state index is -0.630. The van der Waals surface area contributed by atoms with Gasteiger partial charge in [-0.05, 0) is 104 Å². The van der Waals surface area contributed by atoms with Gasteiger partial charge in [0.05, 0.1) is 18.8 Å². The van der Waals surface area contributed by atoms with E-state index in [-0.39, 0.29) is 42.2 Å². The van der Waals surface area contributed by atoms with E-state index in [4.69, 9.17) is 9.47 Å². The van der Waals surface area contributed by atoms with Gasteiger partial charge in [-0.1, -0.05) is 43.3 Å². The van der Waals surface area contributed by atoms with Crippen molar-refractivity contribution >= 4 is 35.1 Å². The first-order valence-corrected chi connectivity index (χ1v) is 17.9. The van der Waals surface area contributed by atoms with E-state index in [1.54, 1.807) is 11.8 Å². The van der Waals surface area contributed by atoms with Gasteiger partial charge in [0.25, 0.3) is 0 Å². The van der Waals surface area contributed by atoms with Crippen molar-refractivity contribution in [1.29, 1.82) is 0 Å². The number of amides is 3. The molecule has 4 atom stereocenters. The Morgan fingerprint density at radius 2 is 1.53 bits per heavy atom. The zero-order valence-corrected chi connectivity index (χ0v) is 27.9. The second-order valence-electron chi connectivity index (χ2n) is 14.2. The van der Waals surface area contributed by atoms with E-state index in [2.05, 4.69) is 22.9 Å². The van der Waals surface area contributed by atoms with Crippen molar-refractivity contribution < 1.29 is 24.2 Å². The Hall–Kier alpha value is -3.37. The van der Waals surface area contributed by atoms with Gasteiger partial charge in [-0.25, -0.2) is 4.79 Å². The SMILES string of the molecule is CC(=O)Nc1ccc(SCC2OC(c3cccc(NC(=O)NC45CC6CC(CC(C6)C4)C5)c3)OC(c3ccc(CO)cc3)C2C)cc1. The predicted octanol–water partition coefficient (Wildman–Crippen LogP) is 7.81. The first kappa shape index (κ1) is 32.2. The fraction of sp³-hybridized carbons (Fsp3) is 0.474. The molecule has 1 aliphatic heterocycles. The third-order valence-electron chi connectivity index (χ3n) is 10.5. The standard InChI is InChI=1S/C38H45N3O5S/c1-23-34(22-47-33-12-10-31(11-13-33)39-24(2)43)45-36(46-35(23)29-8-6-25(21-42)7-9-29)30-4-3-5-32(17-30)40-37(44)41-38-18-26-14-27(19-38)16-28(15-26)20-38/h3-13,17,23,26-28,34-36,42H,14-16,18-22H2,1-2H3,(H,39,43)(H2,40,41,44). The van der Waals surface area contributed by atoms with Crippen molar-refractivity contribution in [3.05, 3.63) is 89.5 Å². The summed E-state index contributed by atoms with van der Waals surface area (Å²) in [6.07, 6.45) is 6.33. The number of hydrogen-bond donors (Lipinski definition) is 4. The summed E-state index contributed by atoms with van der Waals surface area (Å²) in [6.45, 7) is 3.64. The largest absolute Gasteiger partial charge is 0.392 e. The smallest absolute Gasteiger partial charge is 0.319 e. The predicted molar refractivity (Wildman–Crippen MR) is 184 cm³/mol. The number of carbonyl (C=O) groups is 2. The molecule has 0 aromatic heterocycles. The molecule has 248 valence electrons. The van der Waals surface area contributed by atoms with E-state index < -0.39 is 6.29 Å². The molecule has 1 saturated heterocycles. The van der Waals surface area contributed by atoms with Crippen LogP contribution in [0.5, 0.6) is 0 Å². The molecular formula is C38H45N3O5S. The summed E-state index contributed by atoms with van der Waals surface area (Å²) in [5.74, 6) is 2.93. The summed E-state index contributed by atoms with van der Waals surface area (Å²) in [7, 11) is 0. The molecule has 4 saturated carbocycles. The van der Waals surface area contributed by atoms with Crippen molar-refractivity contribution in [2.45, 2.75) is 87.9 Å². The van der Waals surface area contributed by atoms with Gasteiger partial charge in [-0.15, -0.1) is 11.8 Å². The number of hydrogen-bond acceptors (Lipinski definition) is 6. The lowest BCUT2D eigenvalue weighted by atomic mass is 9.53. The van der Waals surface area contributed by atoms with Crippen LogP contribution in [-0.4, -0.2) is 34.4 Å². The van der Waals surface area contributed by atoms with Gasteiger partial charge in [0.2, 0.25) is 5.91 Å². The van der Waals surface area contributed by atoms with Crippen molar-refractivity contribution in [2.75, 3.05) is 16.4 Å². The molecule has 5 aliphatic rings. The van der Waals surface area contributed by atoms with Crippen LogP contribution in [0.1, 0.15) is 81.5 Å². The van der Waals surface area contributed by atoms with Crippen LogP contribution in [0.15, 0.2) is 77.7 Å². The molecule has 4 unspecified atom stereocenters. The molecule has 0 spiro atoms. The lowest BCUT2D eigenvalue weighted by Crippen LogP contribution is -2.60. The first-order valence-electron chi connectivity index (χ1n) is 16.9. The van der Waals surface area contributed by atoms with Crippen LogP contribution >= 0.6 is 11.8 Å². The fourth-order valence-electron chi connectivity index (χ4n) is 8.76. The molecule has 8 rings (SSSR count). The highest BCUT2D eigenvalue weighted by Gasteiger charge is 2.51. The van der Waals surface area contributed by atoms with Crippen molar-refractivity contribution in [2.24, 2.45) is 23.7 Å². The monoisotopic (exact) mass is 655 g/mol. The number of anilines is 2. The lowest BCUT2D eigenvalue weighted by Gasteiger charge is -2.56. The first-order chi connectivity index (χ1) is 22.7. The van der Waals surface area contributed by atoms with Crippen LogP contribution in [0.25, 0.3) is 0 Å². The van der Waals surface area contributed by atoms with E-state index in [0.717, 1.165) is 64.3 Å². The zero-order valence-electron chi connectivity index (χ0n) is 27.1. The molecule has 4 bridgehead atoms. The molecule has 9 heteroatoms. The molecule has 0 radical (unpaired) electrons. The molecule has 3 aromatic rings. The summed E-state index contributed by atoms with van der Waals surface area (Å²) in [5, 5.41) is 18.9. The van der Waals surface area contributed by atoms with E-state index in [9.17, 15) is 14.7 Å². The molecule has 5 fully saturated rings. The van der Waals surface area contributed by atoms with Gasteiger partial charge in [-0.3, -0.25) is 4.79 Å². The third kappa shape index (κ3) is 7.38. The number of rotatable bonds is 9. The van der Waals surface area contributed by atoms with Crippen LogP contribution in [0.4, 0.5) is 16.2 Å². The van der Waals surface area contributed by atoms with Gasteiger partial charge < -0.3 is 30.5 Å². The van der Waals surface area contributed by atoms with Crippen molar-refractivity contribution in [3.8, 4) is 0 Å². The maximum atomic E-state index is 13.3. The Labute approximate surface area is 281 Å². The van der Waals surface area contributed by atoms with Gasteiger partial charge in [0.1, 0.15) is 0 Å². The number of carbonyl (C=O) groups excluding carboxylic acids is 2. The van der Waals surface area contributed by atoms with Crippen LogP contribution in [0, 0.1) is 23.7 Å². The van der Waals surface area contributed by atoms with E-state index in [1.165, 1.54) is 26.2 Å². The van der Waals surface area contributed by atoms with Crippen molar-refractivity contribution in [1.82, 2.24) is 5.32 Å². The average molecular weight is 656 g/mol. The maximum absolute atomic E-state index is 13.3. The molecule has 47 heavy (non-hydrogen) atoms. The number of urea groups is 1. The van der Waals surface area contributed by atoms with Crippen LogP contribution in [0.3, 0.4) is 0 Å². The second kappa shape index (κ2) is 13.6. The van der Waals surface area contributed by atoms with Crippen LogP contribution in [0.2, 0.25) is 0 Å². The summed E-state index contributed by atoms with van der Waals surface area (Å²) >= 11 is 1.70. The minimum absolute atomic E-state index is 0.0106. The average Bonchev–Trinajstić information content (AvgIpc) is 3.04. The van der Waals surface area contributed by atoms with E-state index in [0.29, 0.717) is 11.4 Å². The molecule has 4 aliphatic carbocycles. The van der Waals surface area contributed by atoms with Gasteiger partial charge in [0, 0.05) is 46.0 Å². The van der Waals surface area contributed by atoms with Gasteiger partial charge in [0.15, 0.2) is 6.29 Å². The van der Waals surface area contributed by atoms with Gasteiger partial charge >= 0.3 is 6.03 Å². The Balaban J connectivity index is 1.06. The zero-order chi connectivity index (χ0) is 32.5. The fourth-order valence-corrected chi connectivity index (χ4v) is 9.82. The topological polar surface area (TPSA) is 109 Å². The summed E-state index contributed by atoms with van der Waals surface area (Å²) in [4.78, 5) is 25.8. The number of aliphatic hydroxyl groups is 1. The Morgan fingerprint density at radius 3 is 2.17 bits per heavy atom. The third-order valence-corrected chi connectivity index (χ3v) is 11.6. The number of aliphatic hydroxyl groups excluding tert-OH is 1. The van der Waals surface area contributed by atoms with Crippen LogP contribution < -0.4 is 16.0 Å². The minimum Gasteiger partial charge on any atom is -0.392 e. The Bertz CT molecular complexity index is 1540. The molecule has 3 amide bonds. The second-order valence-corrected chi connectivity index (χ2v) is 15.3. The van der Waals surface area contributed by atoms with Crippen molar-refractivity contribution in [3.63, 3.8) is 0 Å². The molecule has 4 N–H and O–H groups in total.